The van der Waals surface area contributed by atoms with Crippen LogP contribution >= 0.6 is 0 Å². The van der Waals surface area contributed by atoms with Crippen LogP contribution in [0.3, 0.4) is 0 Å². The van der Waals surface area contributed by atoms with Gasteiger partial charge in [-0.3, -0.25) is 9.69 Å². The predicted molar refractivity (Wildman–Crippen MR) is 86.4 cm³/mol. The van der Waals surface area contributed by atoms with Gasteiger partial charge in [-0.1, -0.05) is 30.3 Å². The lowest BCUT2D eigenvalue weighted by molar-refractivity contribution is -0.129. The Morgan fingerprint density at radius 2 is 1.91 bits per heavy atom. The molecule has 2 aromatic carbocycles. The normalized spacial score (nSPS) is 24.1. The monoisotopic (exact) mass is 310 g/mol. The van der Waals surface area contributed by atoms with Gasteiger partial charge in [-0.05, 0) is 23.8 Å². The van der Waals surface area contributed by atoms with Gasteiger partial charge >= 0.3 is 6.03 Å². The van der Waals surface area contributed by atoms with Gasteiger partial charge < -0.3 is 9.64 Å². The van der Waals surface area contributed by atoms with Crippen molar-refractivity contribution in [3.8, 4) is 5.75 Å². The zero-order chi connectivity index (χ0) is 16.1. The minimum Gasteiger partial charge on any atom is -0.491 e. The first-order valence-corrected chi connectivity index (χ1v) is 7.81. The van der Waals surface area contributed by atoms with Gasteiger partial charge in [0, 0.05) is 19.0 Å². The van der Waals surface area contributed by atoms with E-state index in [1.807, 2.05) is 24.3 Å². The highest BCUT2D eigenvalue weighted by Gasteiger charge is 2.45. The third-order valence-electron chi connectivity index (χ3n) is 4.92. The summed E-state index contributed by atoms with van der Waals surface area (Å²) in [5, 5.41) is 2.26. The Kier molecular flexibility index (Phi) is 3.04. The molecule has 2 aromatic rings. The third-order valence-corrected chi connectivity index (χ3v) is 4.92. The van der Waals surface area contributed by atoms with Crippen molar-refractivity contribution in [2.24, 2.45) is 0 Å². The Hall–Kier alpha value is -2.56. The molecule has 2 aliphatic rings. The first kappa shape index (κ1) is 14.1. The molecule has 0 N–H and O–H groups in total. The van der Waals surface area contributed by atoms with Gasteiger partial charge in [0.15, 0.2) is 0 Å². The summed E-state index contributed by atoms with van der Waals surface area (Å²) in [6.45, 7) is 2.11. The zero-order valence-electron chi connectivity index (χ0n) is 13.2. The molecule has 2 aliphatic heterocycles. The molecule has 0 radical (unpaired) electrons. The number of likely N-dealkylation sites (N-methyl/N-ethyl adjacent to an activating group) is 1. The maximum Gasteiger partial charge on any atom is 0.327 e. The Balaban J connectivity index is 1.73. The Bertz CT molecular complexity index is 797. The number of imide groups is 1. The summed E-state index contributed by atoms with van der Waals surface area (Å²) < 4.78 is 5.86. The molecule has 0 bridgehead atoms. The number of benzene rings is 2. The largest absolute Gasteiger partial charge is 0.491 e. The molecule has 0 spiro atoms. The van der Waals surface area contributed by atoms with E-state index < -0.39 is 6.04 Å². The standard InChI is InChI=1S/C18H18N2O3/c1-11-17(21)20(18(22)19(11)2)13-9-15-14-6-4-3-5-12(14)7-8-16(15)23-10-13/h3-8,11,13H,9-10H2,1-2H3/t11-,13?/m0/s1. The van der Waals surface area contributed by atoms with Crippen LogP contribution in [0, 0.1) is 0 Å². The molecule has 1 saturated heterocycles. The van der Waals surface area contributed by atoms with Crippen molar-refractivity contribution >= 4 is 22.7 Å². The lowest BCUT2D eigenvalue weighted by Crippen LogP contribution is -2.47. The smallest absolute Gasteiger partial charge is 0.327 e. The van der Waals surface area contributed by atoms with Crippen molar-refractivity contribution in [1.82, 2.24) is 9.80 Å². The van der Waals surface area contributed by atoms with Crippen molar-refractivity contribution < 1.29 is 14.3 Å². The molecular weight excluding hydrogens is 292 g/mol. The molecule has 1 unspecified atom stereocenters. The fourth-order valence-electron chi connectivity index (χ4n) is 3.44. The topological polar surface area (TPSA) is 49.9 Å². The Labute approximate surface area is 134 Å². The van der Waals surface area contributed by atoms with E-state index in [4.69, 9.17) is 4.74 Å². The van der Waals surface area contributed by atoms with E-state index in [0.717, 1.165) is 22.1 Å². The van der Waals surface area contributed by atoms with Gasteiger partial charge in [0.1, 0.15) is 18.4 Å². The summed E-state index contributed by atoms with van der Waals surface area (Å²) in [4.78, 5) is 27.6. The number of carbonyl (C=O) groups excluding carboxylic acids is 2. The Morgan fingerprint density at radius 3 is 2.65 bits per heavy atom. The number of fused-ring (bicyclic) bond motifs is 3. The van der Waals surface area contributed by atoms with Crippen LogP contribution in [0.25, 0.3) is 10.8 Å². The number of carbonyl (C=O) groups is 2. The molecule has 3 amide bonds. The number of amides is 3. The highest BCUT2D eigenvalue weighted by Crippen LogP contribution is 2.34. The molecule has 1 fully saturated rings. The highest BCUT2D eigenvalue weighted by atomic mass is 16.5. The number of hydrogen-bond donors (Lipinski definition) is 0. The number of ether oxygens (including phenoxy) is 1. The molecule has 0 aromatic heterocycles. The van der Waals surface area contributed by atoms with E-state index in [9.17, 15) is 9.59 Å². The minimum atomic E-state index is -0.406. The quantitative estimate of drug-likeness (QED) is 0.760. The number of hydrogen-bond acceptors (Lipinski definition) is 3. The van der Waals surface area contributed by atoms with Crippen molar-refractivity contribution in [3.05, 3.63) is 42.0 Å². The molecule has 23 heavy (non-hydrogen) atoms. The molecule has 0 saturated carbocycles. The van der Waals surface area contributed by atoms with E-state index in [1.165, 1.54) is 9.80 Å². The van der Waals surface area contributed by atoms with Crippen LogP contribution in [0.2, 0.25) is 0 Å². The van der Waals surface area contributed by atoms with Crippen LogP contribution < -0.4 is 4.74 Å². The Morgan fingerprint density at radius 1 is 1.13 bits per heavy atom. The van der Waals surface area contributed by atoms with Gasteiger partial charge in [-0.2, -0.15) is 0 Å². The van der Waals surface area contributed by atoms with Gasteiger partial charge in [0.2, 0.25) is 0 Å². The van der Waals surface area contributed by atoms with Crippen LogP contribution in [0.15, 0.2) is 36.4 Å². The summed E-state index contributed by atoms with van der Waals surface area (Å²) in [5.41, 5.74) is 1.07. The highest BCUT2D eigenvalue weighted by molar-refractivity contribution is 6.04. The minimum absolute atomic E-state index is 0.144. The van der Waals surface area contributed by atoms with Crippen molar-refractivity contribution in [2.45, 2.75) is 25.4 Å². The fourth-order valence-corrected chi connectivity index (χ4v) is 3.44. The fraction of sp³-hybridized carbons (Fsp3) is 0.333. The lowest BCUT2D eigenvalue weighted by atomic mass is 9.95. The van der Waals surface area contributed by atoms with Crippen LogP contribution in [-0.2, 0) is 11.2 Å². The van der Waals surface area contributed by atoms with Crippen LogP contribution in [0.5, 0.6) is 5.75 Å². The zero-order valence-corrected chi connectivity index (χ0v) is 13.2. The van der Waals surface area contributed by atoms with E-state index >= 15 is 0 Å². The molecule has 5 nitrogen and oxygen atoms in total. The number of nitrogens with zero attached hydrogens (tertiary/aromatic N) is 2. The number of rotatable bonds is 1. The summed E-state index contributed by atoms with van der Waals surface area (Å²) in [6.07, 6.45) is 0.634. The van der Waals surface area contributed by atoms with Crippen molar-refractivity contribution in [3.63, 3.8) is 0 Å². The third kappa shape index (κ3) is 2.00. The average Bonchev–Trinajstić information content (AvgIpc) is 2.78. The molecule has 0 aliphatic carbocycles. The molecule has 5 heteroatoms. The van der Waals surface area contributed by atoms with E-state index in [0.29, 0.717) is 13.0 Å². The molecule has 4 rings (SSSR count). The van der Waals surface area contributed by atoms with Gasteiger partial charge in [0.05, 0.1) is 6.04 Å². The first-order valence-electron chi connectivity index (χ1n) is 7.81. The molecule has 2 heterocycles. The predicted octanol–water partition coefficient (Wildman–Crippen LogP) is 2.43. The van der Waals surface area contributed by atoms with Gasteiger partial charge in [0.25, 0.3) is 5.91 Å². The molecule has 2 atom stereocenters. The maximum atomic E-state index is 12.4. The first-order chi connectivity index (χ1) is 11.1. The molecular formula is C18H18N2O3. The molecule has 118 valence electrons. The second kappa shape index (κ2) is 4.98. The summed E-state index contributed by atoms with van der Waals surface area (Å²) >= 11 is 0. The van der Waals surface area contributed by atoms with E-state index in [-0.39, 0.29) is 18.0 Å². The maximum absolute atomic E-state index is 12.4. The second-order valence-electron chi connectivity index (χ2n) is 6.21. The van der Waals surface area contributed by atoms with Gasteiger partial charge in [-0.15, -0.1) is 0 Å². The summed E-state index contributed by atoms with van der Waals surface area (Å²) in [7, 11) is 1.66. The average molecular weight is 310 g/mol. The number of urea groups is 1. The summed E-state index contributed by atoms with van der Waals surface area (Å²) in [6, 6.07) is 11.2. The van der Waals surface area contributed by atoms with Crippen molar-refractivity contribution in [2.75, 3.05) is 13.7 Å². The van der Waals surface area contributed by atoms with Crippen LogP contribution in [-0.4, -0.2) is 47.5 Å². The van der Waals surface area contributed by atoms with E-state index in [2.05, 4.69) is 12.1 Å². The van der Waals surface area contributed by atoms with Crippen LogP contribution in [0.4, 0.5) is 4.79 Å². The summed E-state index contributed by atoms with van der Waals surface area (Å²) in [5.74, 6) is 0.704. The van der Waals surface area contributed by atoms with Crippen molar-refractivity contribution in [1.29, 1.82) is 0 Å². The van der Waals surface area contributed by atoms with E-state index in [1.54, 1.807) is 14.0 Å². The lowest BCUT2D eigenvalue weighted by Gasteiger charge is -2.31. The van der Waals surface area contributed by atoms with Crippen LogP contribution in [0.1, 0.15) is 12.5 Å². The SMILES string of the molecule is C[C@H]1C(=O)N(C2COc3ccc4ccccc4c3C2)C(=O)N1C. The second-order valence-corrected chi connectivity index (χ2v) is 6.21. The van der Waals surface area contributed by atoms with Gasteiger partial charge in [-0.25, -0.2) is 4.79 Å².